The van der Waals surface area contributed by atoms with E-state index >= 15 is 0 Å². The standard InChI is InChI=1S/C17H15ClN4O3/c1-20(10-12-8-14(22(24)25)5-6-15(12)18)11-13-9-17(23)21-7-3-2-4-16(21)19-13/h2-9H,10-11H2,1H3. The highest BCUT2D eigenvalue weighted by atomic mass is 35.5. The molecule has 8 heteroatoms. The Labute approximate surface area is 148 Å². The van der Waals surface area contributed by atoms with E-state index in [0.29, 0.717) is 35.0 Å². The third kappa shape index (κ3) is 3.84. The highest BCUT2D eigenvalue weighted by molar-refractivity contribution is 6.31. The van der Waals surface area contributed by atoms with E-state index in [2.05, 4.69) is 4.98 Å². The molecule has 0 bridgehead atoms. The summed E-state index contributed by atoms with van der Waals surface area (Å²) in [7, 11) is 1.84. The fraction of sp³-hybridized carbons (Fsp3) is 0.176. The number of nitro groups is 1. The Hall–Kier alpha value is -2.77. The lowest BCUT2D eigenvalue weighted by atomic mass is 10.2. The lowest BCUT2D eigenvalue weighted by Gasteiger charge is -2.17. The largest absolute Gasteiger partial charge is 0.296 e. The normalized spacial score (nSPS) is 11.2. The Balaban J connectivity index is 1.81. The highest BCUT2D eigenvalue weighted by Gasteiger charge is 2.12. The van der Waals surface area contributed by atoms with Crippen molar-refractivity contribution < 1.29 is 4.92 Å². The summed E-state index contributed by atoms with van der Waals surface area (Å²) < 4.78 is 1.47. The number of aromatic nitrogens is 2. The van der Waals surface area contributed by atoms with Crippen molar-refractivity contribution in [2.24, 2.45) is 0 Å². The zero-order valence-electron chi connectivity index (χ0n) is 13.4. The predicted octanol–water partition coefficient (Wildman–Crippen LogP) is 2.89. The zero-order valence-corrected chi connectivity index (χ0v) is 14.2. The Morgan fingerprint density at radius 2 is 2.04 bits per heavy atom. The number of benzene rings is 1. The van der Waals surface area contributed by atoms with Crippen LogP contribution in [0.1, 0.15) is 11.3 Å². The van der Waals surface area contributed by atoms with Crippen LogP contribution in [0.15, 0.2) is 53.5 Å². The summed E-state index contributed by atoms with van der Waals surface area (Å²) in [4.78, 5) is 28.9. The Kier molecular flexibility index (Phi) is 4.78. The van der Waals surface area contributed by atoms with E-state index in [1.807, 2.05) is 18.0 Å². The van der Waals surface area contributed by atoms with E-state index in [1.54, 1.807) is 18.3 Å². The maximum Gasteiger partial charge on any atom is 0.269 e. The van der Waals surface area contributed by atoms with Gasteiger partial charge in [0.05, 0.1) is 10.6 Å². The molecule has 0 unspecified atom stereocenters. The van der Waals surface area contributed by atoms with Gasteiger partial charge in [-0.15, -0.1) is 0 Å². The van der Waals surface area contributed by atoms with Crippen LogP contribution in [0.25, 0.3) is 5.65 Å². The number of hydrogen-bond donors (Lipinski definition) is 0. The third-order valence-corrected chi connectivity index (χ3v) is 4.11. The van der Waals surface area contributed by atoms with Crippen LogP contribution >= 0.6 is 11.6 Å². The summed E-state index contributed by atoms with van der Waals surface area (Å²) in [6, 6.07) is 11.2. The zero-order chi connectivity index (χ0) is 18.0. The van der Waals surface area contributed by atoms with E-state index in [1.165, 1.54) is 28.7 Å². The molecule has 128 valence electrons. The minimum Gasteiger partial charge on any atom is -0.296 e. The van der Waals surface area contributed by atoms with Crippen molar-refractivity contribution in [1.29, 1.82) is 0 Å². The maximum atomic E-state index is 12.1. The van der Waals surface area contributed by atoms with Crippen molar-refractivity contribution in [3.05, 3.63) is 85.4 Å². The van der Waals surface area contributed by atoms with Gasteiger partial charge in [0.1, 0.15) is 5.65 Å². The van der Waals surface area contributed by atoms with E-state index < -0.39 is 4.92 Å². The van der Waals surface area contributed by atoms with E-state index in [0.717, 1.165) is 0 Å². The van der Waals surface area contributed by atoms with E-state index in [4.69, 9.17) is 11.6 Å². The summed E-state index contributed by atoms with van der Waals surface area (Å²) in [6.45, 7) is 0.815. The molecule has 0 spiro atoms. The number of fused-ring (bicyclic) bond motifs is 1. The van der Waals surface area contributed by atoms with Crippen LogP contribution < -0.4 is 5.56 Å². The number of nitro benzene ring substituents is 1. The minimum atomic E-state index is -0.453. The van der Waals surface area contributed by atoms with Gasteiger partial charge >= 0.3 is 0 Å². The van der Waals surface area contributed by atoms with Gasteiger partial charge < -0.3 is 0 Å². The molecule has 0 fully saturated rings. The molecule has 0 N–H and O–H groups in total. The predicted molar refractivity (Wildman–Crippen MR) is 94.7 cm³/mol. The minimum absolute atomic E-state index is 0.00475. The van der Waals surface area contributed by atoms with Crippen LogP contribution in [0.4, 0.5) is 5.69 Å². The van der Waals surface area contributed by atoms with Gasteiger partial charge in [-0.3, -0.25) is 24.2 Å². The van der Waals surface area contributed by atoms with Gasteiger partial charge in [0.15, 0.2) is 0 Å². The van der Waals surface area contributed by atoms with Crippen LogP contribution in [0.3, 0.4) is 0 Å². The molecule has 0 saturated heterocycles. The van der Waals surface area contributed by atoms with Crippen LogP contribution in [0, 0.1) is 10.1 Å². The Bertz CT molecular complexity index is 1000. The fourth-order valence-electron chi connectivity index (χ4n) is 2.60. The molecule has 0 aliphatic heterocycles. The van der Waals surface area contributed by atoms with Gasteiger partial charge in [0.2, 0.25) is 0 Å². The quantitative estimate of drug-likeness (QED) is 0.517. The molecule has 0 radical (unpaired) electrons. The van der Waals surface area contributed by atoms with Gasteiger partial charge in [-0.2, -0.15) is 0 Å². The van der Waals surface area contributed by atoms with Crippen LogP contribution in [-0.2, 0) is 13.1 Å². The molecule has 3 aromatic rings. The Morgan fingerprint density at radius 1 is 1.24 bits per heavy atom. The van der Waals surface area contributed by atoms with Crippen molar-refractivity contribution in [2.45, 2.75) is 13.1 Å². The molecule has 0 atom stereocenters. The number of halogens is 1. The van der Waals surface area contributed by atoms with Gasteiger partial charge in [0.25, 0.3) is 11.2 Å². The monoisotopic (exact) mass is 358 g/mol. The smallest absolute Gasteiger partial charge is 0.269 e. The number of non-ortho nitro benzene ring substituents is 1. The molecule has 0 saturated carbocycles. The summed E-state index contributed by atoms with van der Waals surface area (Å²) >= 11 is 6.13. The summed E-state index contributed by atoms with van der Waals surface area (Å²) in [5.41, 5.74) is 1.69. The molecule has 3 rings (SSSR count). The molecule has 1 aromatic carbocycles. The lowest BCUT2D eigenvalue weighted by Crippen LogP contribution is -2.22. The van der Waals surface area contributed by atoms with Crippen molar-refractivity contribution in [3.8, 4) is 0 Å². The van der Waals surface area contributed by atoms with Crippen molar-refractivity contribution >= 4 is 22.9 Å². The number of hydrogen-bond acceptors (Lipinski definition) is 5. The average molecular weight is 359 g/mol. The van der Waals surface area contributed by atoms with Crippen LogP contribution in [0.5, 0.6) is 0 Å². The van der Waals surface area contributed by atoms with Gasteiger partial charge in [-0.1, -0.05) is 17.7 Å². The molecule has 0 aliphatic carbocycles. The van der Waals surface area contributed by atoms with Crippen molar-refractivity contribution in [1.82, 2.24) is 14.3 Å². The maximum absolute atomic E-state index is 12.1. The van der Waals surface area contributed by atoms with E-state index in [-0.39, 0.29) is 11.2 Å². The number of pyridine rings is 1. The SMILES string of the molecule is CN(Cc1cc(=O)n2ccccc2n1)Cc1cc([N+](=O)[O-])ccc1Cl. The van der Waals surface area contributed by atoms with Gasteiger partial charge in [0, 0.05) is 42.5 Å². The Morgan fingerprint density at radius 3 is 2.80 bits per heavy atom. The second kappa shape index (κ2) is 7.00. The second-order valence-corrected chi connectivity index (χ2v) is 6.13. The first-order valence-electron chi connectivity index (χ1n) is 7.53. The van der Waals surface area contributed by atoms with E-state index in [9.17, 15) is 14.9 Å². The summed E-state index contributed by atoms with van der Waals surface area (Å²) in [5.74, 6) is 0. The first-order valence-corrected chi connectivity index (χ1v) is 7.90. The molecule has 0 aliphatic rings. The molecule has 2 heterocycles. The van der Waals surface area contributed by atoms with Crippen LogP contribution in [0.2, 0.25) is 5.02 Å². The molecule has 7 nitrogen and oxygen atoms in total. The molecular weight excluding hydrogens is 344 g/mol. The summed E-state index contributed by atoms with van der Waals surface area (Å²) in [5, 5.41) is 11.4. The van der Waals surface area contributed by atoms with Crippen LogP contribution in [-0.4, -0.2) is 26.3 Å². The molecular formula is C17H15ClN4O3. The van der Waals surface area contributed by atoms with Gasteiger partial charge in [-0.05, 0) is 30.8 Å². The number of rotatable bonds is 5. The first kappa shape index (κ1) is 17.1. The highest BCUT2D eigenvalue weighted by Crippen LogP contribution is 2.23. The first-order chi connectivity index (χ1) is 11.9. The topological polar surface area (TPSA) is 80.8 Å². The lowest BCUT2D eigenvalue weighted by molar-refractivity contribution is -0.384. The molecule has 25 heavy (non-hydrogen) atoms. The molecule has 2 aromatic heterocycles. The average Bonchev–Trinajstić information content (AvgIpc) is 2.56. The van der Waals surface area contributed by atoms with Crippen molar-refractivity contribution in [3.63, 3.8) is 0 Å². The second-order valence-electron chi connectivity index (χ2n) is 5.72. The molecule has 0 amide bonds. The van der Waals surface area contributed by atoms with Gasteiger partial charge in [-0.25, -0.2) is 4.98 Å². The third-order valence-electron chi connectivity index (χ3n) is 3.74. The summed E-state index contributed by atoms with van der Waals surface area (Å²) in [6.07, 6.45) is 1.67. The van der Waals surface area contributed by atoms with Crippen molar-refractivity contribution in [2.75, 3.05) is 7.05 Å². The fourth-order valence-corrected chi connectivity index (χ4v) is 2.78. The number of nitrogens with zero attached hydrogens (tertiary/aromatic N) is 4.